The van der Waals surface area contributed by atoms with Gasteiger partial charge in [-0.15, -0.1) is 0 Å². The first-order chi connectivity index (χ1) is 17.8. The monoisotopic (exact) mass is 733 g/mol. The molecule has 2 N–H and O–H groups in total. The first kappa shape index (κ1) is 28.6. The van der Waals surface area contributed by atoms with E-state index in [9.17, 15) is 15.0 Å². The lowest BCUT2D eigenvalue weighted by Crippen LogP contribution is -2.50. The van der Waals surface area contributed by atoms with Crippen molar-refractivity contribution in [2.45, 2.75) is 34.0 Å². The Morgan fingerprint density at radius 3 is 2.54 bits per heavy atom. The number of amides is 1. The Kier molecular flexibility index (Phi) is 10.1. The fourth-order valence-electron chi connectivity index (χ4n) is 5.03. The minimum absolute atomic E-state index is 0.0333. The number of hydrogen-bond acceptors (Lipinski definition) is 6. The molecule has 2 atom stereocenters. The highest BCUT2D eigenvalue weighted by atomic mass is 127. The van der Waals surface area contributed by atoms with Crippen LogP contribution in [0.3, 0.4) is 0 Å². The number of hydrogen-bond donors (Lipinski definition) is 2. The fourth-order valence-corrected chi connectivity index (χ4v) is 7.75. The smallest absolute Gasteiger partial charge is 0.246 e. The summed E-state index contributed by atoms with van der Waals surface area (Å²) in [4.78, 5) is 19.3. The van der Waals surface area contributed by atoms with E-state index >= 15 is 0 Å². The zero-order valence-electron chi connectivity index (χ0n) is 21.4. The number of halogens is 2. The van der Waals surface area contributed by atoms with Crippen LogP contribution in [0.5, 0.6) is 5.75 Å². The third-order valence-corrected chi connectivity index (χ3v) is 13.6. The molecule has 0 aliphatic carbocycles. The highest BCUT2D eigenvalue weighted by molar-refractivity contribution is 14.3. The Bertz CT molecular complexity index is 1090. The number of likely N-dealkylation sites (tertiary alicyclic amines) is 1. The number of benzene rings is 2. The molecule has 9 heteroatoms. The molecular formula is C28H37I2N3O4. The summed E-state index contributed by atoms with van der Waals surface area (Å²) in [6.07, 6.45) is 1.90. The number of aliphatic hydroxyl groups is 2. The normalized spacial score (nSPS) is 20.8. The van der Waals surface area contributed by atoms with E-state index in [1.165, 1.54) is 0 Å². The lowest BCUT2D eigenvalue weighted by molar-refractivity contribution is -0.117. The van der Waals surface area contributed by atoms with Gasteiger partial charge in [0, 0.05) is 55.1 Å². The number of aliphatic hydroxyl groups excluding tert-OH is 1. The Morgan fingerprint density at radius 2 is 1.86 bits per heavy atom. The number of piperidine rings is 1. The summed E-state index contributed by atoms with van der Waals surface area (Å²) in [7, 11) is 0. The summed E-state index contributed by atoms with van der Waals surface area (Å²) in [6, 6.07) is 16.1. The van der Waals surface area contributed by atoms with Crippen molar-refractivity contribution >= 4 is 67.8 Å². The quantitative estimate of drug-likeness (QED) is 0.285. The molecule has 2 heterocycles. The fraction of sp³-hybridized carbons (Fsp3) is 0.464. The highest BCUT2D eigenvalue weighted by Crippen LogP contribution is 2.34. The van der Waals surface area contributed by atoms with E-state index in [0.29, 0.717) is 19.6 Å². The van der Waals surface area contributed by atoms with Crippen molar-refractivity contribution in [3.8, 4) is 5.75 Å². The van der Waals surface area contributed by atoms with Gasteiger partial charge in [0.2, 0.25) is 5.91 Å². The van der Waals surface area contributed by atoms with E-state index in [-0.39, 0.29) is 62.0 Å². The summed E-state index contributed by atoms with van der Waals surface area (Å²) in [6.45, 7) is 5.60. The van der Waals surface area contributed by atoms with Gasteiger partial charge < -0.3 is 24.7 Å². The summed E-state index contributed by atoms with van der Waals surface area (Å²) in [5, 5.41) is 20.3. The summed E-state index contributed by atoms with van der Waals surface area (Å²) >= 11 is -0.686. The topological polar surface area (TPSA) is 76.5 Å². The van der Waals surface area contributed by atoms with Crippen molar-refractivity contribution in [1.29, 1.82) is 0 Å². The number of ether oxygens (including phenoxy) is 1. The number of piperazine rings is 1. The minimum atomic E-state index is -1.07. The lowest BCUT2D eigenvalue weighted by Gasteiger charge is -2.40. The third kappa shape index (κ3) is 7.17. The van der Waals surface area contributed by atoms with Crippen LogP contribution in [0.1, 0.15) is 25.3 Å². The molecule has 2 aromatic rings. The van der Waals surface area contributed by atoms with Gasteiger partial charge in [0.15, 0.2) is 2.12 Å². The van der Waals surface area contributed by atoms with Gasteiger partial charge in [-0.3, -0.25) is 9.69 Å². The van der Waals surface area contributed by atoms with Crippen LogP contribution in [0.15, 0.2) is 48.5 Å². The number of nitrogens with zero attached hydrogens (tertiary/aromatic N) is 3. The number of anilines is 2. The van der Waals surface area contributed by atoms with Gasteiger partial charge in [-0.1, -0.05) is 74.8 Å². The molecule has 2 fully saturated rings. The molecule has 202 valence electrons. The predicted octanol–water partition coefficient (Wildman–Crippen LogP) is 3.96. The summed E-state index contributed by atoms with van der Waals surface area (Å²) < 4.78 is 14.9. The SMILES string of the molecule is C=IC(Oc1cc(N2CCN(c3ccccc3)C(=O)C2)ccc1CN1CCC[C@H]([C@](C)(O)CO)C1)I=C. The number of rotatable bonds is 10. The highest BCUT2D eigenvalue weighted by Gasteiger charge is 2.35. The van der Waals surface area contributed by atoms with Gasteiger partial charge in [-0.25, -0.2) is 0 Å². The van der Waals surface area contributed by atoms with Gasteiger partial charge in [0.05, 0.1) is 18.8 Å². The molecule has 7 nitrogen and oxygen atoms in total. The molecule has 2 aliphatic rings. The second-order valence-electron chi connectivity index (χ2n) is 9.87. The van der Waals surface area contributed by atoms with Gasteiger partial charge in [0.1, 0.15) is 5.75 Å². The average Bonchev–Trinajstić information content (AvgIpc) is 2.93. The van der Waals surface area contributed by atoms with Crippen LogP contribution in [-0.4, -0.2) is 77.1 Å². The molecule has 0 bridgehead atoms. The number of carbonyl (C=O) groups excluding carboxylic acids is 1. The van der Waals surface area contributed by atoms with E-state index < -0.39 is 5.60 Å². The molecule has 0 saturated carbocycles. The Hall–Kier alpha value is -1.41. The molecule has 4 rings (SSSR count). The predicted molar refractivity (Wildman–Crippen MR) is 170 cm³/mol. The minimum Gasteiger partial charge on any atom is -0.471 e. The Morgan fingerprint density at radius 1 is 1.11 bits per heavy atom. The van der Waals surface area contributed by atoms with Crippen molar-refractivity contribution in [1.82, 2.24) is 4.90 Å². The maximum absolute atomic E-state index is 13.0. The van der Waals surface area contributed by atoms with E-state index in [1.54, 1.807) is 6.92 Å². The van der Waals surface area contributed by atoms with E-state index in [1.807, 2.05) is 35.2 Å². The number of para-hydroxylation sites is 1. The first-order valence-electron chi connectivity index (χ1n) is 12.5. The molecule has 2 saturated heterocycles. The number of alkyl halides is 2. The second kappa shape index (κ2) is 13.1. The standard InChI is InChI=1S/C28H37I2N3O4/c1-28(36,20-34)22-8-7-13-31(18-22)17-21-11-12-24(16-25(21)37-27(29-2)30-3)32-14-15-33(26(35)19-32)23-9-5-4-6-10-23/h4-6,9-12,16,22,27,34,36H,2-3,7-8,13-15,17-20H2,1H3/t22-,28+/m0/s1. The molecular weight excluding hydrogens is 696 g/mol. The van der Waals surface area contributed by atoms with Crippen LogP contribution in [-0.2, 0) is 11.3 Å². The van der Waals surface area contributed by atoms with E-state index in [2.05, 4.69) is 37.0 Å². The Balaban J connectivity index is 1.52. The average molecular weight is 733 g/mol. The molecule has 0 spiro atoms. The van der Waals surface area contributed by atoms with E-state index in [0.717, 1.165) is 55.2 Å². The van der Waals surface area contributed by atoms with Gasteiger partial charge in [0.25, 0.3) is 0 Å². The summed E-state index contributed by atoms with van der Waals surface area (Å²) in [5.41, 5.74) is 1.95. The van der Waals surface area contributed by atoms with E-state index in [4.69, 9.17) is 4.74 Å². The molecule has 0 aromatic heterocycles. The van der Waals surface area contributed by atoms with Crippen molar-refractivity contribution in [2.75, 3.05) is 49.1 Å². The largest absolute Gasteiger partial charge is 0.471 e. The molecule has 0 unspecified atom stereocenters. The van der Waals surface area contributed by atoms with Gasteiger partial charge in [-0.2, -0.15) is 0 Å². The van der Waals surface area contributed by atoms with Crippen LogP contribution in [0.2, 0.25) is 0 Å². The third-order valence-electron chi connectivity index (χ3n) is 7.26. The summed E-state index contributed by atoms with van der Waals surface area (Å²) in [5.74, 6) is 0.971. The number of carbonyl (C=O) groups is 1. The Labute approximate surface area is 239 Å². The molecule has 37 heavy (non-hydrogen) atoms. The zero-order chi connectivity index (χ0) is 26.4. The maximum Gasteiger partial charge on any atom is 0.246 e. The molecule has 2 aliphatic heterocycles. The zero-order valence-corrected chi connectivity index (χ0v) is 25.7. The van der Waals surface area contributed by atoms with Crippen LogP contribution >= 0.6 is 41.5 Å². The molecule has 0 radical (unpaired) electrons. The van der Waals surface area contributed by atoms with Gasteiger partial charge in [-0.05, 0) is 44.5 Å². The van der Waals surface area contributed by atoms with Crippen molar-refractivity contribution in [3.63, 3.8) is 0 Å². The second-order valence-corrected chi connectivity index (χ2v) is 16.3. The van der Waals surface area contributed by atoms with Crippen molar-refractivity contribution in [2.24, 2.45) is 5.92 Å². The molecule has 2 aromatic carbocycles. The van der Waals surface area contributed by atoms with Crippen LogP contribution in [0, 0.1) is 5.92 Å². The van der Waals surface area contributed by atoms with Crippen LogP contribution in [0.4, 0.5) is 11.4 Å². The van der Waals surface area contributed by atoms with Crippen LogP contribution < -0.4 is 14.5 Å². The maximum atomic E-state index is 13.0. The van der Waals surface area contributed by atoms with Crippen LogP contribution in [0.25, 0.3) is 0 Å². The lowest BCUT2D eigenvalue weighted by atomic mass is 9.83. The first-order valence-corrected chi connectivity index (χ1v) is 18.1. The van der Waals surface area contributed by atoms with Crippen molar-refractivity contribution in [3.05, 3.63) is 54.1 Å². The van der Waals surface area contributed by atoms with Crippen molar-refractivity contribution < 1.29 is 19.7 Å². The molecule has 1 amide bonds. The van der Waals surface area contributed by atoms with Gasteiger partial charge >= 0.3 is 0 Å².